The maximum atomic E-state index is 3.57. The summed E-state index contributed by atoms with van der Waals surface area (Å²) >= 11 is 0. The minimum atomic E-state index is -1.13. The van der Waals surface area contributed by atoms with Gasteiger partial charge in [-0.2, -0.15) is 6.08 Å². The van der Waals surface area contributed by atoms with Gasteiger partial charge in [-0.25, -0.2) is 10.4 Å². The molecular formula is C11H21LiSi2. The van der Waals surface area contributed by atoms with E-state index in [0.29, 0.717) is 0 Å². The number of rotatable bonds is 2. The first kappa shape index (κ1) is 14.5. The smallest absolute Gasteiger partial charge is 0.273 e. The average Bonchev–Trinajstić information content (AvgIpc) is 2.27. The van der Waals surface area contributed by atoms with Gasteiger partial charge in [-0.15, -0.1) is 6.42 Å². The fourth-order valence-electron chi connectivity index (χ4n) is 1.80. The molecular weight excluding hydrogens is 195 g/mol. The molecule has 0 saturated carbocycles. The second-order valence-electron chi connectivity index (χ2n) is 5.87. The van der Waals surface area contributed by atoms with E-state index in [1.807, 2.05) is 0 Å². The van der Waals surface area contributed by atoms with Gasteiger partial charge in [0.05, 0.1) is 0 Å². The first-order valence-electron chi connectivity index (χ1n) is 5.05. The molecule has 1 aliphatic carbocycles. The summed E-state index contributed by atoms with van der Waals surface area (Å²) in [6.45, 7) is 14.6. The number of hydrogen-bond acceptors (Lipinski definition) is 0. The molecule has 0 radical (unpaired) electrons. The molecule has 0 aromatic heterocycles. The summed E-state index contributed by atoms with van der Waals surface area (Å²) in [5, 5.41) is 3.30. The second-order valence-corrected chi connectivity index (χ2v) is 15.9. The molecule has 74 valence electrons. The first-order chi connectivity index (χ1) is 5.73. The largest absolute Gasteiger partial charge is 1.00 e. The van der Waals surface area contributed by atoms with Gasteiger partial charge in [-0.05, 0) is 8.07 Å². The predicted molar refractivity (Wildman–Crippen MR) is 66.1 cm³/mol. The minimum absolute atomic E-state index is 0. The third-order valence-electron chi connectivity index (χ3n) is 2.41. The second kappa shape index (κ2) is 4.57. The normalized spacial score (nSPS) is 17.3. The maximum absolute atomic E-state index is 3.57. The Labute approximate surface area is 103 Å². The number of allylic oxidation sites excluding steroid dienone is 4. The van der Waals surface area contributed by atoms with Crippen LogP contribution in [0, 0.1) is 6.08 Å². The van der Waals surface area contributed by atoms with Crippen LogP contribution in [0.25, 0.3) is 0 Å². The topological polar surface area (TPSA) is 0 Å². The van der Waals surface area contributed by atoms with E-state index in [9.17, 15) is 0 Å². The fraction of sp³-hybridized carbons (Fsp3) is 0.636. The molecule has 0 aliphatic heterocycles. The van der Waals surface area contributed by atoms with Crippen molar-refractivity contribution in [1.29, 1.82) is 0 Å². The van der Waals surface area contributed by atoms with Crippen molar-refractivity contribution < 1.29 is 18.9 Å². The zero-order chi connectivity index (χ0) is 10.3. The third-order valence-corrected chi connectivity index (χ3v) is 6.68. The Hall–Kier alpha value is 0.511. The van der Waals surface area contributed by atoms with Crippen molar-refractivity contribution in [3.8, 4) is 0 Å². The molecule has 1 aliphatic rings. The van der Waals surface area contributed by atoms with Crippen molar-refractivity contribution in [2.75, 3.05) is 0 Å². The summed E-state index contributed by atoms with van der Waals surface area (Å²) in [5.74, 6) is 0. The van der Waals surface area contributed by atoms with Gasteiger partial charge in [0.2, 0.25) is 0 Å². The Morgan fingerprint density at radius 2 is 1.50 bits per heavy atom. The maximum Gasteiger partial charge on any atom is 1.00 e. The molecule has 0 unspecified atom stereocenters. The summed E-state index contributed by atoms with van der Waals surface area (Å²) in [6, 6.07) is 0. The Morgan fingerprint density at radius 3 is 1.79 bits per heavy atom. The molecule has 1 rings (SSSR count). The van der Waals surface area contributed by atoms with Crippen LogP contribution in [0.15, 0.2) is 16.5 Å². The van der Waals surface area contributed by atoms with Gasteiger partial charge in [0.15, 0.2) is 0 Å². The third kappa shape index (κ3) is 3.27. The van der Waals surface area contributed by atoms with Crippen LogP contribution in [0.4, 0.5) is 0 Å². The van der Waals surface area contributed by atoms with Crippen molar-refractivity contribution in [3.63, 3.8) is 0 Å². The molecule has 0 saturated heterocycles. The summed E-state index contributed by atoms with van der Waals surface area (Å²) < 4.78 is 0. The van der Waals surface area contributed by atoms with Gasteiger partial charge < -0.3 is 0 Å². The molecule has 0 aromatic rings. The Morgan fingerprint density at radius 1 is 1.00 bits per heavy atom. The molecule has 3 heteroatoms. The van der Waals surface area contributed by atoms with Gasteiger partial charge in [0.1, 0.15) is 0 Å². The van der Waals surface area contributed by atoms with Gasteiger partial charge in [0.25, 0.3) is 0 Å². The van der Waals surface area contributed by atoms with Gasteiger partial charge in [-0.3, -0.25) is 6.08 Å². The van der Waals surface area contributed by atoms with E-state index < -0.39 is 16.1 Å². The molecule has 0 atom stereocenters. The van der Waals surface area contributed by atoms with Crippen LogP contribution in [0.2, 0.25) is 39.3 Å². The SMILES string of the molecule is C[Si](C)(C)C1=[C-]CC=C1[Si](C)(C)C.[Li+]. The van der Waals surface area contributed by atoms with E-state index in [1.54, 1.807) is 10.4 Å². The van der Waals surface area contributed by atoms with Gasteiger partial charge in [0, 0.05) is 8.07 Å². The Bertz CT molecular complexity index is 236. The summed E-state index contributed by atoms with van der Waals surface area (Å²) in [4.78, 5) is 0. The Kier molecular flexibility index (Phi) is 4.74. The fourth-order valence-corrected chi connectivity index (χ4v) is 7.15. The van der Waals surface area contributed by atoms with Crippen molar-refractivity contribution in [2.45, 2.75) is 45.7 Å². The average molecular weight is 216 g/mol. The van der Waals surface area contributed by atoms with Gasteiger partial charge >= 0.3 is 18.9 Å². The van der Waals surface area contributed by atoms with E-state index >= 15 is 0 Å². The zero-order valence-corrected chi connectivity index (χ0v) is 12.8. The van der Waals surface area contributed by atoms with Crippen LogP contribution in [-0.4, -0.2) is 16.1 Å². The van der Waals surface area contributed by atoms with Crippen molar-refractivity contribution in [2.24, 2.45) is 0 Å². The first-order valence-corrected chi connectivity index (χ1v) is 12.1. The van der Waals surface area contributed by atoms with Crippen LogP contribution < -0.4 is 18.9 Å². The van der Waals surface area contributed by atoms with Crippen LogP contribution >= 0.6 is 0 Å². The summed E-state index contributed by atoms with van der Waals surface area (Å²) in [5.41, 5.74) is 0. The van der Waals surface area contributed by atoms with Crippen LogP contribution in [0.1, 0.15) is 6.42 Å². The van der Waals surface area contributed by atoms with Crippen molar-refractivity contribution in [3.05, 3.63) is 22.5 Å². The molecule has 0 bridgehead atoms. The molecule has 0 aromatic carbocycles. The zero-order valence-electron chi connectivity index (χ0n) is 10.8. The van der Waals surface area contributed by atoms with E-state index in [1.165, 1.54) is 0 Å². The number of hydrogen-bond donors (Lipinski definition) is 0. The molecule has 0 nitrogen and oxygen atoms in total. The predicted octanol–water partition coefficient (Wildman–Crippen LogP) is 0.805. The van der Waals surface area contributed by atoms with E-state index in [2.05, 4.69) is 51.4 Å². The summed E-state index contributed by atoms with van der Waals surface area (Å²) in [6.07, 6.45) is 7.06. The molecule has 0 amide bonds. The van der Waals surface area contributed by atoms with Crippen LogP contribution in [0.3, 0.4) is 0 Å². The minimum Gasteiger partial charge on any atom is -0.273 e. The Balaban J connectivity index is 0.00000169. The molecule has 0 fully saturated rings. The standard InChI is InChI=1S/C11H21Si2.Li/c1-12(2,3)10-8-7-9-11(10)13(4,5)6;/h8H,7H2,1-6H3;/q-1;+1. The molecule has 14 heavy (non-hydrogen) atoms. The quantitative estimate of drug-likeness (QED) is 0.473. The monoisotopic (exact) mass is 216 g/mol. The van der Waals surface area contributed by atoms with Crippen LogP contribution in [-0.2, 0) is 0 Å². The van der Waals surface area contributed by atoms with E-state index in [4.69, 9.17) is 0 Å². The van der Waals surface area contributed by atoms with Crippen molar-refractivity contribution >= 4 is 16.1 Å². The van der Waals surface area contributed by atoms with Crippen LogP contribution in [0.5, 0.6) is 0 Å². The van der Waals surface area contributed by atoms with E-state index in [-0.39, 0.29) is 18.9 Å². The van der Waals surface area contributed by atoms with Gasteiger partial charge in [-0.1, -0.05) is 39.3 Å². The van der Waals surface area contributed by atoms with E-state index in [0.717, 1.165) is 6.42 Å². The van der Waals surface area contributed by atoms with Crippen molar-refractivity contribution in [1.82, 2.24) is 0 Å². The summed E-state index contributed by atoms with van der Waals surface area (Å²) in [7, 11) is -2.23. The molecule has 0 spiro atoms. The molecule has 0 heterocycles. The molecule has 0 N–H and O–H groups in total.